The fraction of sp³-hybridized carbons (Fsp3) is 0.679. The van der Waals surface area contributed by atoms with Crippen molar-refractivity contribution in [3.05, 3.63) is 36.3 Å². The van der Waals surface area contributed by atoms with E-state index in [1.54, 1.807) is 18.6 Å². The van der Waals surface area contributed by atoms with E-state index in [1.807, 2.05) is 19.9 Å². The topological polar surface area (TPSA) is 95.3 Å². The van der Waals surface area contributed by atoms with Gasteiger partial charge in [0.05, 0.1) is 12.5 Å². The Bertz CT molecular complexity index is 1150. The fourth-order valence-electron chi connectivity index (χ4n) is 9.20. The van der Waals surface area contributed by atoms with Crippen molar-refractivity contribution in [1.82, 2.24) is 0 Å². The molecule has 6 rings (SSSR count). The highest BCUT2D eigenvalue weighted by molar-refractivity contribution is 5.95. The molecule has 188 valence electrons. The largest absolute Gasteiger partial charge is 0.472 e. The normalized spacial score (nSPS) is 49.1. The standard InChI is InChI=1S/C28H34O7/c1-15(29)33-20-13-18-24(2,3)19(30)8-10-25(18,4)17-7-11-26(5)21(16-9-12-32-14-16)34-23(31)22-28(26,35-22)27(17,20)6/h8-10,12,14,17-18,20-22H,7,11,13H2,1-6H3/t17?,18?,20-,21+,22-,25-,26+,27+,28-/m1/s1. The molecule has 2 unspecified atom stereocenters. The zero-order valence-electron chi connectivity index (χ0n) is 21.3. The van der Waals surface area contributed by atoms with Crippen LogP contribution in [0.2, 0.25) is 0 Å². The average molecular weight is 483 g/mol. The third kappa shape index (κ3) is 2.48. The van der Waals surface area contributed by atoms with E-state index in [0.717, 1.165) is 18.4 Å². The summed E-state index contributed by atoms with van der Waals surface area (Å²) >= 11 is 0. The summed E-state index contributed by atoms with van der Waals surface area (Å²) < 4.78 is 24.0. The zero-order chi connectivity index (χ0) is 25.2. The highest BCUT2D eigenvalue weighted by Gasteiger charge is 2.88. The zero-order valence-corrected chi connectivity index (χ0v) is 21.3. The second-order valence-electron chi connectivity index (χ2n) is 12.6. The Morgan fingerprint density at radius 1 is 1.09 bits per heavy atom. The molecular weight excluding hydrogens is 448 g/mol. The predicted octanol–water partition coefficient (Wildman–Crippen LogP) is 4.56. The second kappa shape index (κ2) is 6.67. The van der Waals surface area contributed by atoms with Crippen LogP contribution in [-0.2, 0) is 28.6 Å². The predicted molar refractivity (Wildman–Crippen MR) is 124 cm³/mol. The molecule has 1 spiro atoms. The SMILES string of the molecule is CC(=O)O[C@@H]1CC2C(C)(C)C(=O)C=C[C@]2(C)C2CC[C@@]3(C)[C@H](c4ccoc4)OC(=O)[C@H]4O[C@]43[C@@]21C. The monoisotopic (exact) mass is 482 g/mol. The van der Waals surface area contributed by atoms with Gasteiger partial charge in [0.15, 0.2) is 11.9 Å². The van der Waals surface area contributed by atoms with Crippen molar-refractivity contribution in [2.45, 2.75) is 84.7 Å². The molecular formula is C28H34O7. The summed E-state index contributed by atoms with van der Waals surface area (Å²) in [6.45, 7) is 12.0. The molecule has 2 aliphatic heterocycles. The lowest BCUT2D eigenvalue weighted by Crippen LogP contribution is -2.72. The molecule has 2 saturated carbocycles. The minimum atomic E-state index is -0.853. The lowest BCUT2D eigenvalue weighted by molar-refractivity contribution is -0.251. The van der Waals surface area contributed by atoms with Crippen LogP contribution in [0.25, 0.3) is 0 Å². The molecule has 3 aliphatic carbocycles. The van der Waals surface area contributed by atoms with Gasteiger partial charge in [0.25, 0.3) is 0 Å². The maximum absolute atomic E-state index is 13.2. The molecule has 1 aromatic rings. The van der Waals surface area contributed by atoms with Crippen LogP contribution >= 0.6 is 0 Å². The van der Waals surface area contributed by atoms with E-state index >= 15 is 0 Å². The van der Waals surface area contributed by atoms with Gasteiger partial charge >= 0.3 is 11.9 Å². The number of hydrogen-bond acceptors (Lipinski definition) is 7. The molecule has 3 heterocycles. The van der Waals surface area contributed by atoms with Gasteiger partial charge in [0.1, 0.15) is 17.8 Å². The number of esters is 2. The van der Waals surface area contributed by atoms with Crippen molar-refractivity contribution in [2.24, 2.45) is 33.5 Å². The average Bonchev–Trinajstić information content (AvgIpc) is 3.35. The number of cyclic esters (lactones) is 1. The van der Waals surface area contributed by atoms with E-state index in [1.165, 1.54) is 6.92 Å². The maximum Gasteiger partial charge on any atom is 0.339 e. The van der Waals surface area contributed by atoms with Crippen molar-refractivity contribution in [2.75, 3.05) is 0 Å². The lowest BCUT2D eigenvalue weighted by Gasteiger charge is -2.68. The Hall–Kier alpha value is -2.41. The van der Waals surface area contributed by atoms with Crippen LogP contribution in [0.3, 0.4) is 0 Å². The van der Waals surface area contributed by atoms with Gasteiger partial charge < -0.3 is 18.6 Å². The van der Waals surface area contributed by atoms with E-state index in [4.69, 9.17) is 18.6 Å². The lowest BCUT2D eigenvalue weighted by atomic mass is 9.35. The second-order valence-corrected chi connectivity index (χ2v) is 12.6. The van der Waals surface area contributed by atoms with Crippen molar-refractivity contribution in [3.63, 3.8) is 0 Å². The highest BCUT2D eigenvalue weighted by atomic mass is 16.7. The molecule has 4 fully saturated rings. The van der Waals surface area contributed by atoms with Crippen molar-refractivity contribution < 1.29 is 33.0 Å². The number of fused-ring (bicyclic) bond motifs is 3. The molecule has 2 saturated heterocycles. The Balaban J connectivity index is 1.55. The molecule has 35 heavy (non-hydrogen) atoms. The Morgan fingerprint density at radius 2 is 1.83 bits per heavy atom. The molecule has 0 bridgehead atoms. The third-order valence-corrected chi connectivity index (χ3v) is 10.8. The van der Waals surface area contributed by atoms with Crippen molar-refractivity contribution in [3.8, 4) is 0 Å². The molecule has 9 atom stereocenters. The minimum absolute atomic E-state index is 0.00639. The quantitative estimate of drug-likeness (QED) is 0.450. The van der Waals surface area contributed by atoms with Gasteiger partial charge in [-0.2, -0.15) is 0 Å². The first-order chi connectivity index (χ1) is 16.3. The van der Waals surface area contributed by atoms with E-state index in [2.05, 4.69) is 26.8 Å². The van der Waals surface area contributed by atoms with Crippen molar-refractivity contribution in [1.29, 1.82) is 0 Å². The van der Waals surface area contributed by atoms with E-state index in [0.29, 0.717) is 6.42 Å². The molecule has 0 radical (unpaired) electrons. The maximum atomic E-state index is 13.2. The molecule has 0 N–H and O–H groups in total. The molecule has 5 aliphatic rings. The minimum Gasteiger partial charge on any atom is -0.472 e. The van der Waals surface area contributed by atoms with Gasteiger partial charge in [-0.05, 0) is 48.7 Å². The van der Waals surface area contributed by atoms with Crippen LogP contribution in [0.5, 0.6) is 0 Å². The van der Waals surface area contributed by atoms with E-state index < -0.39 is 40.2 Å². The van der Waals surface area contributed by atoms with E-state index in [-0.39, 0.29) is 35.0 Å². The van der Waals surface area contributed by atoms with Crippen LogP contribution in [0.4, 0.5) is 0 Å². The van der Waals surface area contributed by atoms with Gasteiger partial charge in [0.2, 0.25) is 0 Å². The first-order valence-corrected chi connectivity index (χ1v) is 12.7. The summed E-state index contributed by atoms with van der Waals surface area (Å²) in [6.07, 6.45) is 7.46. The summed E-state index contributed by atoms with van der Waals surface area (Å²) in [6, 6.07) is 1.84. The van der Waals surface area contributed by atoms with Crippen LogP contribution in [-0.4, -0.2) is 35.5 Å². The number of furan rings is 1. The van der Waals surface area contributed by atoms with Crippen LogP contribution in [0.15, 0.2) is 35.2 Å². The number of allylic oxidation sites excluding steroid dienone is 2. The number of hydrogen-bond donors (Lipinski definition) is 0. The summed E-state index contributed by atoms with van der Waals surface area (Å²) in [7, 11) is 0. The Kier molecular flexibility index (Phi) is 4.38. The van der Waals surface area contributed by atoms with Crippen LogP contribution < -0.4 is 0 Å². The first kappa shape index (κ1) is 23.0. The number of ketones is 1. The van der Waals surface area contributed by atoms with Gasteiger partial charge in [0, 0.05) is 28.7 Å². The number of carbonyl (C=O) groups excluding carboxylic acids is 3. The summed E-state index contributed by atoms with van der Waals surface area (Å²) in [5.41, 5.74) is -2.15. The number of rotatable bonds is 2. The van der Waals surface area contributed by atoms with Crippen molar-refractivity contribution >= 4 is 17.7 Å². The van der Waals surface area contributed by atoms with Gasteiger partial charge in [-0.1, -0.05) is 40.7 Å². The van der Waals surface area contributed by atoms with Gasteiger partial charge in [-0.25, -0.2) is 4.79 Å². The molecule has 7 nitrogen and oxygen atoms in total. The van der Waals surface area contributed by atoms with Gasteiger partial charge in [-0.3, -0.25) is 9.59 Å². The number of ether oxygens (including phenoxy) is 3. The molecule has 7 heteroatoms. The summed E-state index contributed by atoms with van der Waals surface area (Å²) in [5, 5.41) is 0. The fourth-order valence-corrected chi connectivity index (χ4v) is 9.20. The third-order valence-electron chi connectivity index (χ3n) is 10.8. The van der Waals surface area contributed by atoms with Crippen LogP contribution in [0.1, 0.15) is 72.5 Å². The van der Waals surface area contributed by atoms with E-state index in [9.17, 15) is 14.4 Å². The number of carbonyl (C=O) groups is 3. The number of epoxide rings is 1. The van der Waals surface area contributed by atoms with Crippen LogP contribution in [0, 0.1) is 33.5 Å². The first-order valence-electron chi connectivity index (χ1n) is 12.7. The Labute approximate surface area is 205 Å². The van der Waals surface area contributed by atoms with Gasteiger partial charge in [-0.15, -0.1) is 0 Å². The molecule has 0 amide bonds. The molecule has 0 aromatic carbocycles. The summed E-state index contributed by atoms with van der Waals surface area (Å²) in [5.74, 6) is -0.603. The Morgan fingerprint density at radius 3 is 2.49 bits per heavy atom. The smallest absolute Gasteiger partial charge is 0.339 e. The highest BCUT2D eigenvalue weighted by Crippen LogP contribution is 2.79. The molecule has 1 aromatic heterocycles. The summed E-state index contributed by atoms with van der Waals surface area (Å²) in [4.78, 5) is 38.6.